The first-order valence-corrected chi connectivity index (χ1v) is 10.2. The Kier molecular flexibility index (Phi) is 7.19. The van der Waals surface area contributed by atoms with Crippen molar-refractivity contribution < 1.29 is 22.7 Å². The summed E-state index contributed by atoms with van der Waals surface area (Å²) < 4.78 is 46.8. The molecule has 168 valence electrons. The number of nitrogens with one attached hydrogen (secondary N) is 1. The second-order valence-electron chi connectivity index (χ2n) is 6.57. The van der Waals surface area contributed by atoms with Gasteiger partial charge in [-0.15, -0.1) is 28.3 Å². The fourth-order valence-corrected chi connectivity index (χ4v) is 3.98. The molecule has 1 amide bonds. The third kappa shape index (κ3) is 4.94. The van der Waals surface area contributed by atoms with Gasteiger partial charge in [-0.3, -0.25) is 9.79 Å². The molecule has 0 atom stereocenters. The minimum absolute atomic E-state index is 0. The molecule has 2 aromatic carbocycles. The Bertz CT molecular complexity index is 1230. The van der Waals surface area contributed by atoms with Gasteiger partial charge in [-0.2, -0.15) is 18.3 Å². The third-order valence-corrected chi connectivity index (χ3v) is 5.32. The maximum atomic E-state index is 13.3. The first-order valence-electron chi connectivity index (χ1n) is 9.35. The van der Waals surface area contributed by atoms with Crippen molar-refractivity contribution >= 4 is 46.1 Å². The van der Waals surface area contributed by atoms with Gasteiger partial charge in [0.05, 0.1) is 23.2 Å². The highest BCUT2D eigenvalue weighted by Crippen LogP contribution is 2.33. The molecule has 11 heteroatoms. The van der Waals surface area contributed by atoms with E-state index in [1.807, 2.05) is 12.3 Å². The summed E-state index contributed by atoms with van der Waals surface area (Å²) in [5, 5.41) is 8.88. The molecule has 3 aromatic rings. The van der Waals surface area contributed by atoms with Crippen LogP contribution < -0.4 is 14.9 Å². The summed E-state index contributed by atoms with van der Waals surface area (Å²) in [5.74, 6) is 0.289. The standard InChI is InChI=1S/C21H17F3N4O2S.BrH/c1-2-25-20-28(26-10-14-5-3-4-6-15(14)21(22,23)24)17(12-31-20)13-7-8-18-16(9-13)27-19(29)11-30-18;/h3-10,12H,2,11H2,1H3,(H,27,29);1H/b25-20?,26-10+;. The largest absolute Gasteiger partial charge is 0.482 e. The fraction of sp³-hybridized carbons (Fsp3) is 0.190. The average Bonchev–Trinajstić information content (AvgIpc) is 3.14. The van der Waals surface area contributed by atoms with E-state index in [2.05, 4.69) is 15.4 Å². The van der Waals surface area contributed by atoms with Gasteiger partial charge in [0.2, 0.25) is 4.80 Å². The second-order valence-corrected chi connectivity index (χ2v) is 7.40. The molecule has 0 aliphatic carbocycles. The summed E-state index contributed by atoms with van der Waals surface area (Å²) in [6, 6.07) is 10.5. The lowest BCUT2D eigenvalue weighted by molar-refractivity contribution is -0.137. The van der Waals surface area contributed by atoms with E-state index in [-0.39, 0.29) is 35.1 Å². The second kappa shape index (κ2) is 9.70. The van der Waals surface area contributed by atoms with E-state index in [0.29, 0.717) is 34.0 Å². The molecule has 32 heavy (non-hydrogen) atoms. The molecule has 0 bridgehead atoms. The Hall–Kier alpha value is -2.92. The van der Waals surface area contributed by atoms with Crippen molar-refractivity contribution in [2.24, 2.45) is 10.1 Å². The molecule has 1 aliphatic heterocycles. The zero-order valence-corrected chi connectivity index (χ0v) is 19.2. The Labute approximate surface area is 195 Å². The highest BCUT2D eigenvalue weighted by molar-refractivity contribution is 8.93. The third-order valence-electron chi connectivity index (χ3n) is 4.47. The number of hydrogen-bond acceptors (Lipinski definition) is 5. The number of carbonyl (C=O) groups is 1. The van der Waals surface area contributed by atoms with Crippen LogP contribution in [0.5, 0.6) is 5.75 Å². The van der Waals surface area contributed by atoms with Crippen LogP contribution in [0.3, 0.4) is 0 Å². The van der Waals surface area contributed by atoms with E-state index in [9.17, 15) is 18.0 Å². The van der Waals surface area contributed by atoms with Gasteiger partial charge in [-0.05, 0) is 31.2 Å². The predicted octanol–water partition coefficient (Wildman–Crippen LogP) is 4.95. The number of benzene rings is 2. The van der Waals surface area contributed by atoms with E-state index in [4.69, 9.17) is 4.74 Å². The lowest BCUT2D eigenvalue weighted by atomic mass is 10.1. The molecule has 1 N–H and O–H groups in total. The molecule has 6 nitrogen and oxygen atoms in total. The Balaban J connectivity index is 0.00000289. The Morgan fingerprint density at radius 1 is 1.25 bits per heavy atom. The number of aromatic nitrogens is 1. The zero-order chi connectivity index (χ0) is 22.0. The molecule has 0 saturated heterocycles. The molecule has 0 saturated carbocycles. The molecule has 0 spiro atoms. The van der Waals surface area contributed by atoms with Crippen molar-refractivity contribution in [3.8, 4) is 17.0 Å². The minimum atomic E-state index is -4.49. The number of anilines is 1. The first kappa shape index (κ1) is 23.7. The summed E-state index contributed by atoms with van der Waals surface area (Å²) >= 11 is 1.32. The molecule has 4 rings (SSSR count). The van der Waals surface area contributed by atoms with E-state index in [1.165, 1.54) is 40.4 Å². The number of ether oxygens (including phenoxy) is 1. The lowest BCUT2D eigenvalue weighted by Crippen LogP contribution is -2.25. The van der Waals surface area contributed by atoms with Crippen LogP contribution in [-0.2, 0) is 11.0 Å². The van der Waals surface area contributed by atoms with Crippen LogP contribution in [-0.4, -0.2) is 29.9 Å². The van der Waals surface area contributed by atoms with Crippen LogP contribution in [0.2, 0.25) is 0 Å². The van der Waals surface area contributed by atoms with Crippen molar-refractivity contribution in [3.05, 3.63) is 63.8 Å². The monoisotopic (exact) mass is 526 g/mol. The molecule has 1 aliphatic rings. The quantitative estimate of drug-likeness (QED) is 0.489. The SMILES string of the molecule is Br.CCN=c1scc(-c2ccc3c(c2)NC(=O)CO3)n1/N=C/c1ccccc1C(F)(F)F. The Morgan fingerprint density at radius 2 is 2.03 bits per heavy atom. The van der Waals surface area contributed by atoms with Gasteiger partial charge in [0.25, 0.3) is 5.91 Å². The van der Waals surface area contributed by atoms with Crippen molar-refractivity contribution in [1.29, 1.82) is 0 Å². The summed E-state index contributed by atoms with van der Waals surface area (Å²) in [6.45, 7) is 2.30. The van der Waals surface area contributed by atoms with Crippen LogP contribution in [0, 0.1) is 0 Å². The summed E-state index contributed by atoms with van der Waals surface area (Å²) in [5.41, 5.74) is 1.04. The highest BCUT2D eigenvalue weighted by atomic mass is 79.9. The molecular weight excluding hydrogens is 509 g/mol. The summed E-state index contributed by atoms with van der Waals surface area (Å²) in [6.07, 6.45) is -3.31. The van der Waals surface area contributed by atoms with Gasteiger partial charge in [0.15, 0.2) is 6.61 Å². The van der Waals surface area contributed by atoms with Crippen LogP contribution in [0.25, 0.3) is 11.3 Å². The number of fused-ring (bicyclic) bond motifs is 1. The van der Waals surface area contributed by atoms with Crippen LogP contribution in [0.15, 0.2) is 57.9 Å². The van der Waals surface area contributed by atoms with E-state index in [0.717, 1.165) is 6.07 Å². The summed E-state index contributed by atoms with van der Waals surface area (Å²) in [4.78, 5) is 16.6. The van der Waals surface area contributed by atoms with Crippen molar-refractivity contribution in [2.45, 2.75) is 13.1 Å². The molecular formula is C21H18BrF3N4O2S. The van der Waals surface area contributed by atoms with Crippen molar-refractivity contribution in [2.75, 3.05) is 18.5 Å². The number of carbonyl (C=O) groups excluding carboxylic acids is 1. The molecule has 1 aromatic heterocycles. The number of rotatable bonds is 4. The van der Waals surface area contributed by atoms with Crippen molar-refractivity contribution in [1.82, 2.24) is 4.68 Å². The van der Waals surface area contributed by atoms with E-state index >= 15 is 0 Å². The molecule has 0 unspecified atom stereocenters. The zero-order valence-electron chi connectivity index (χ0n) is 16.7. The van der Waals surface area contributed by atoms with Gasteiger partial charge in [-0.25, -0.2) is 4.68 Å². The van der Waals surface area contributed by atoms with Crippen molar-refractivity contribution in [3.63, 3.8) is 0 Å². The topological polar surface area (TPSA) is 68.0 Å². The number of nitrogens with zero attached hydrogens (tertiary/aromatic N) is 3. The van der Waals surface area contributed by atoms with Crippen LogP contribution in [0.1, 0.15) is 18.1 Å². The van der Waals surface area contributed by atoms with Crippen LogP contribution in [0.4, 0.5) is 18.9 Å². The number of alkyl halides is 3. The maximum Gasteiger partial charge on any atom is 0.417 e. The van der Waals surface area contributed by atoms with Gasteiger partial charge >= 0.3 is 6.18 Å². The first-order chi connectivity index (χ1) is 14.9. The predicted molar refractivity (Wildman–Crippen MR) is 123 cm³/mol. The van der Waals surface area contributed by atoms with E-state index < -0.39 is 11.7 Å². The lowest BCUT2D eigenvalue weighted by Gasteiger charge is -2.18. The number of halogens is 4. The number of thiazole rings is 1. The van der Waals surface area contributed by atoms with Crippen LogP contribution >= 0.6 is 28.3 Å². The molecule has 0 fully saturated rings. The summed E-state index contributed by atoms with van der Waals surface area (Å²) in [7, 11) is 0. The molecule has 0 radical (unpaired) electrons. The van der Waals surface area contributed by atoms with E-state index in [1.54, 1.807) is 18.2 Å². The fourth-order valence-electron chi connectivity index (χ4n) is 3.08. The van der Waals surface area contributed by atoms with Gasteiger partial charge in [-0.1, -0.05) is 18.2 Å². The van der Waals surface area contributed by atoms with Gasteiger partial charge < -0.3 is 10.1 Å². The normalized spacial score (nSPS) is 14.0. The smallest absolute Gasteiger partial charge is 0.417 e. The maximum absolute atomic E-state index is 13.3. The molecule has 2 heterocycles. The number of amides is 1. The minimum Gasteiger partial charge on any atom is -0.482 e. The number of hydrogen-bond donors (Lipinski definition) is 1. The Morgan fingerprint density at radius 3 is 2.78 bits per heavy atom. The van der Waals surface area contributed by atoms with Gasteiger partial charge in [0.1, 0.15) is 5.75 Å². The highest BCUT2D eigenvalue weighted by Gasteiger charge is 2.32. The van der Waals surface area contributed by atoms with Gasteiger partial charge in [0, 0.05) is 23.1 Å². The average molecular weight is 527 g/mol.